The van der Waals surface area contributed by atoms with Crippen LogP contribution in [0.3, 0.4) is 0 Å². The van der Waals surface area contributed by atoms with Crippen molar-refractivity contribution >= 4 is 43.5 Å². The van der Waals surface area contributed by atoms with Gasteiger partial charge >= 0.3 is 5.97 Å². The quantitative estimate of drug-likeness (QED) is 0.835. The first-order valence-corrected chi connectivity index (χ1v) is 8.07. The Morgan fingerprint density at radius 3 is 2.58 bits per heavy atom. The number of hydrogen-bond donors (Lipinski definition) is 1. The maximum atomic E-state index is 12.4. The lowest BCUT2D eigenvalue weighted by atomic mass is 10.4. The summed E-state index contributed by atoms with van der Waals surface area (Å²) in [5.74, 6) is -1.19. The maximum Gasteiger partial charge on any atom is 0.318 e. The van der Waals surface area contributed by atoms with Crippen molar-refractivity contribution in [3.05, 3.63) is 27.7 Å². The summed E-state index contributed by atoms with van der Waals surface area (Å²) in [7, 11) is -3.86. The highest BCUT2D eigenvalue weighted by Crippen LogP contribution is 2.27. The van der Waals surface area contributed by atoms with Gasteiger partial charge in [-0.2, -0.15) is 4.31 Å². The molecular formula is C11H13BrClNO4S. The van der Waals surface area contributed by atoms with Crippen LogP contribution in [0.2, 0.25) is 5.02 Å². The molecule has 1 aromatic rings. The Morgan fingerprint density at radius 1 is 1.47 bits per heavy atom. The van der Waals surface area contributed by atoms with E-state index in [1.807, 2.05) is 0 Å². The number of carboxylic acids is 1. The van der Waals surface area contributed by atoms with Crippen molar-refractivity contribution in [3.8, 4) is 0 Å². The van der Waals surface area contributed by atoms with Crippen LogP contribution < -0.4 is 0 Å². The van der Waals surface area contributed by atoms with E-state index in [1.165, 1.54) is 18.2 Å². The third-order valence-electron chi connectivity index (χ3n) is 2.30. The first-order valence-electron chi connectivity index (χ1n) is 5.46. The Balaban J connectivity index is 3.22. The minimum absolute atomic E-state index is 0.00611. The Kier molecular flexibility index (Phi) is 5.79. The molecule has 0 aliphatic heterocycles. The van der Waals surface area contributed by atoms with Crippen molar-refractivity contribution in [1.29, 1.82) is 0 Å². The van der Waals surface area contributed by atoms with E-state index in [2.05, 4.69) is 15.9 Å². The lowest BCUT2D eigenvalue weighted by Gasteiger charge is -2.20. The molecule has 0 aliphatic rings. The molecular weight excluding hydrogens is 358 g/mol. The molecule has 0 radical (unpaired) electrons. The summed E-state index contributed by atoms with van der Waals surface area (Å²) in [5.41, 5.74) is 0. The van der Waals surface area contributed by atoms with Gasteiger partial charge in [-0.1, -0.05) is 18.5 Å². The summed E-state index contributed by atoms with van der Waals surface area (Å²) in [6.45, 7) is 1.36. The average Bonchev–Trinajstić information content (AvgIpc) is 2.27. The van der Waals surface area contributed by atoms with Crippen molar-refractivity contribution in [2.24, 2.45) is 0 Å². The zero-order valence-electron chi connectivity index (χ0n) is 10.1. The fraction of sp³-hybridized carbons (Fsp3) is 0.364. The molecule has 5 nitrogen and oxygen atoms in total. The fourth-order valence-corrected chi connectivity index (χ4v) is 4.33. The highest BCUT2D eigenvalue weighted by atomic mass is 79.9. The maximum absolute atomic E-state index is 12.4. The summed E-state index contributed by atoms with van der Waals surface area (Å²) < 4.78 is 26.0. The van der Waals surface area contributed by atoms with Crippen LogP contribution >= 0.6 is 27.5 Å². The second-order valence-corrected chi connectivity index (χ2v) is 7.00. The number of carboxylic acid groups (broad SMARTS) is 1. The first-order chi connectivity index (χ1) is 8.78. The van der Waals surface area contributed by atoms with Crippen molar-refractivity contribution in [2.45, 2.75) is 18.2 Å². The number of halogens is 2. The van der Waals surface area contributed by atoms with Gasteiger partial charge in [0.25, 0.3) is 0 Å². The Hall–Kier alpha value is -0.630. The number of hydrogen-bond acceptors (Lipinski definition) is 3. The lowest BCUT2D eigenvalue weighted by molar-refractivity contribution is -0.137. The second kappa shape index (κ2) is 6.69. The third-order valence-corrected chi connectivity index (χ3v) is 5.35. The van der Waals surface area contributed by atoms with Gasteiger partial charge in [0.2, 0.25) is 10.0 Å². The molecule has 1 aromatic carbocycles. The van der Waals surface area contributed by atoms with E-state index in [0.29, 0.717) is 15.9 Å². The standard InChI is InChI=1S/C11H13BrClNO4S/c1-2-5-14(7-11(15)16)19(17,18)10-4-3-8(13)6-9(10)12/h3-4,6H,2,5,7H2,1H3,(H,15,16). The number of nitrogens with zero attached hydrogens (tertiary/aromatic N) is 1. The summed E-state index contributed by atoms with van der Waals surface area (Å²) in [6, 6.07) is 4.26. The molecule has 0 atom stereocenters. The minimum atomic E-state index is -3.86. The Morgan fingerprint density at radius 2 is 2.11 bits per heavy atom. The van der Waals surface area contributed by atoms with Crippen LogP contribution in [-0.2, 0) is 14.8 Å². The second-order valence-electron chi connectivity index (χ2n) is 3.81. The number of sulfonamides is 1. The van der Waals surface area contributed by atoms with Gasteiger partial charge in [-0.05, 0) is 40.5 Å². The number of aliphatic carboxylic acids is 1. The molecule has 1 rings (SSSR count). The van der Waals surface area contributed by atoms with Crippen LogP contribution in [0.4, 0.5) is 0 Å². The molecule has 0 saturated carbocycles. The highest BCUT2D eigenvalue weighted by Gasteiger charge is 2.27. The molecule has 0 amide bonds. The number of benzene rings is 1. The van der Waals surface area contributed by atoms with Gasteiger partial charge in [0.15, 0.2) is 0 Å². The van der Waals surface area contributed by atoms with E-state index in [9.17, 15) is 13.2 Å². The van der Waals surface area contributed by atoms with Crippen LogP contribution in [0.1, 0.15) is 13.3 Å². The summed E-state index contributed by atoms with van der Waals surface area (Å²) >= 11 is 8.89. The van der Waals surface area contributed by atoms with Crippen molar-refractivity contribution in [2.75, 3.05) is 13.1 Å². The molecule has 8 heteroatoms. The van der Waals surface area contributed by atoms with Crippen molar-refractivity contribution in [1.82, 2.24) is 4.31 Å². The molecule has 0 heterocycles. The van der Waals surface area contributed by atoms with Gasteiger partial charge in [0, 0.05) is 16.0 Å². The smallest absolute Gasteiger partial charge is 0.318 e. The van der Waals surface area contributed by atoms with Gasteiger partial charge in [-0.3, -0.25) is 4.79 Å². The molecule has 0 unspecified atom stereocenters. The first kappa shape index (κ1) is 16.4. The number of rotatable bonds is 6. The largest absolute Gasteiger partial charge is 0.480 e. The van der Waals surface area contributed by atoms with Gasteiger partial charge in [-0.15, -0.1) is 0 Å². The molecule has 0 aromatic heterocycles. The summed E-state index contributed by atoms with van der Waals surface area (Å²) in [5, 5.41) is 9.19. The summed E-state index contributed by atoms with van der Waals surface area (Å²) in [6.07, 6.45) is 0.526. The Labute approximate surface area is 125 Å². The van der Waals surface area contributed by atoms with Gasteiger partial charge < -0.3 is 5.11 Å². The molecule has 0 fully saturated rings. The van der Waals surface area contributed by atoms with Crippen molar-refractivity contribution < 1.29 is 18.3 Å². The van der Waals surface area contributed by atoms with E-state index in [1.54, 1.807) is 6.92 Å². The molecule has 106 valence electrons. The zero-order chi connectivity index (χ0) is 14.6. The molecule has 0 bridgehead atoms. The van der Waals surface area contributed by atoms with E-state index >= 15 is 0 Å². The normalized spacial score (nSPS) is 11.8. The van der Waals surface area contributed by atoms with Gasteiger partial charge in [0.05, 0.1) is 4.90 Å². The van der Waals surface area contributed by atoms with Gasteiger partial charge in [0.1, 0.15) is 6.54 Å². The van der Waals surface area contributed by atoms with Crippen molar-refractivity contribution in [3.63, 3.8) is 0 Å². The van der Waals surface area contributed by atoms with Crippen LogP contribution in [0.25, 0.3) is 0 Å². The number of carbonyl (C=O) groups is 1. The molecule has 1 N–H and O–H groups in total. The Bertz CT molecular complexity index is 576. The highest BCUT2D eigenvalue weighted by molar-refractivity contribution is 9.10. The topological polar surface area (TPSA) is 74.7 Å². The SMILES string of the molecule is CCCN(CC(=O)O)S(=O)(=O)c1ccc(Cl)cc1Br. The zero-order valence-corrected chi connectivity index (χ0v) is 13.3. The minimum Gasteiger partial charge on any atom is -0.480 e. The van der Waals surface area contributed by atoms with E-state index < -0.39 is 22.5 Å². The molecule has 0 aliphatic carbocycles. The molecule has 0 saturated heterocycles. The van der Waals surface area contributed by atoms with E-state index in [0.717, 1.165) is 4.31 Å². The lowest BCUT2D eigenvalue weighted by Crippen LogP contribution is -2.36. The van der Waals surface area contributed by atoms with E-state index in [-0.39, 0.29) is 11.4 Å². The summed E-state index contributed by atoms with van der Waals surface area (Å²) in [4.78, 5) is 10.8. The third kappa shape index (κ3) is 4.17. The predicted molar refractivity (Wildman–Crippen MR) is 75.8 cm³/mol. The monoisotopic (exact) mass is 369 g/mol. The van der Waals surface area contributed by atoms with Crippen LogP contribution in [-0.4, -0.2) is 36.9 Å². The molecule has 19 heavy (non-hydrogen) atoms. The van der Waals surface area contributed by atoms with Crippen LogP contribution in [0.15, 0.2) is 27.6 Å². The molecule has 0 spiro atoms. The van der Waals surface area contributed by atoms with Crippen LogP contribution in [0.5, 0.6) is 0 Å². The predicted octanol–water partition coefficient (Wildman–Crippen LogP) is 2.59. The fourth-order valence-electron chi connectivity index (χ4n) is 1.51. The van der Waals surface area contributed by atoms with E-state index in [4.69, 9.17) is 16.7 Å². The van der Waals surface area contributed by atoms with Crippen LogP contribution in [0, 0.1) is 0 Å². The van der Waals surface area contributed by atoms with Gasteiger partial charge in [-0.25, -0.2) is 8.42 Å². The average molecular weight is 371 g/mol.